The van der Waals surface area contributed by atoms with E-state index >= 15 is 0 Å². The minimum Gasteiger partial charge on any atom is -0.393 e. The summed E-state index contributed by atoms with van der Waals surface area (Å²) >= 11 is 3.26. The molecule has 1 N–H and O–H groups in total. The molecule has 0 aromatic heterocycles. The van der Waals surface area contributed by atoms with E-state index in [0.717, 1.165) is 16.5 Å². The Morgan fingerprint density at radius 1 is 1.31 bits per heavy atom. The van der Waals surface area contributed by atoms with Gasteiger partial charge in [0.05, 0.1) is 6.10 Å². The van der Waals surface area contributed by atoms with Crippen molar-refractivity contribution in [2.75, 3.05) is 0 Å². The van der Waals surface area contributed by atoms with E-state index in [0.29, 0.717) is 18.8 Å². The lowest BCUT2D eigenvalue weighted by atomic mass is 10.00. The minimum absolute atomic E-state index is 0.234. The topological polar surface area (TPSA) is 20.2 Å². The SMILES string of the molecule is CC(C)CC(O)CCc1cc(F)cc(Br)c1. The second-order valence-corrected chi connectivity index (χ2v) is 5.52. The first-order valence-corrected chi connectivity index (χ1v) is 6.39. The van der Waals surface area contributed by atoms with Crippen molar-refractivity contribution in [3.63, 3.8) is 0 Å². The molecule has 1 rings (SSSR count). The summed E-state index contributed by atoms with van der Waals surface area (Å²) in [6.07, 6.45) is 1.91. The molecule has 0 heterocycles. The van der Waals surface area contributed by atoms with Crippen molar-refractivity contribution in [2.45, 2.75) is 39.2 Å². The minimum atomic E-state index is -0.290. The first-order chi connectivity index (χ1) is 7.47. The standard InChI is InChI=1S/C13H18BrFO/c1-9(2)5-13(16)4-3-10-6-11(14)8-12(15)7-10/h6-9,13,16H,3-5H2,1-2H3. The Bertz CT molecular complexity index is 318. The third-order valence-electron chi connectivity index (χ3n) is 2.43. The van der Waals surface area contributed by atoms with Crippen LogP contribution >= 0.6 is 15.9 Å². The van der Waals surface area contributed by atoms with Crippen molar-refractivity contribution >= 4 is 15.9 Å². The quantitative estimate of drug-likeness (QED) is 0.870. The van der Waals surface area contributed by atoms with Crippen LogP contribution in [-0.4, -0.2) is 11.2 Å². The Morgan fingerprint density at radius 3 is 2.56 bits per heavy atom. The van der Waals surface area contributed by atoms with Gasteiger partial charge in [-0.2, -0.15) is 0 Å². The van der Waals surface area contributed by atoms with Gasteiger partial charge in [-0.05, 0) is 48.9 Å². The number of hydrogen-bond donors (Lipinski definition) is 1. The molecule has 3 heteroatoms. The van der Waals surface area contributed by atoms with E-state index in [1.54, 1.807) is 0 Å². The largest absolute Gasteiger partial charge is 0.393 e. The van der Waals surface area contributed by atoms with Crippen LogP contribution in [0.15, 0.2) is 22.7 Å². The summed E-state index contributed by atoms with van der Waals surface area (Å²) in [5, 5.41) is 9.71. The van der Waals surface area contributed by atoms with Crippen molar-refractivity contribution in [3.05, 3.63) is 34.1 Å². The first-order valence-electron chi connectivity index (χ1n) is 5.60. The molecule has 0 saturated heterocycles. The summed E-state index contributed by atoms with van der Waals surface area (Å²) in [5.41, 5.74) is 0.926. The zero-order chi connectivity index (χ0) is 12.1. The molecule has 1 aromatic rings. The Balaban J connectivity index is 2.48. The zero-order valence-electron chi connectivity index (χ0n) is 9.71. The molecule has 0 spiro atoms. The fourth-order valence-corrected chi connectivity index (χ4v) is 2.26. The molecule has 0 bridgehead atoms. The Kier molecular flexibility index (Phi) is 5.42. The average molecular weight is 289 g/mol. The van der Waals surface area contributed by atoms with Crippen LogP contribution in [0, 0.1) is 11.7 Å². The summed E-state index contributed by atoms with van der Waals surface area (Å²) < 4.78 is 13.8. The van der Waals surface area contributed by atoms with Gasteiger partial charge >= 0.3 is 0 Å². The Morgan fingerprint density at radius 2 is 2.00 bits per heavy atom. The summed E-state index contributed by atoms with van der Waals surface area (Å²) in [5.74, 6) is 0.261. The van der Waals surface area contributed by atoms with E-state index in [1.165, 1.54) is 12.1 Å². The van der Waals surface area contributed by atoms with Gasteiger partial charge in [-0.15, -0.1) is 0 Å². The molecule has 1 unspecified atom stereocenters. The summed E-state index contributed by atoms with van der Waals surface area (Å²) in [6.45, 7) is 4.17. The van der Waals surface area contributed by atoms with Crippen molar-refractivity contribution in [1.29, 1.82) is 0 Å². The van der Waals surface area contributed by atoms with Crippen molar-refractivity contribution < 1.29 is 9.50 Å². The maximum Gasteiger partial charge on any atom is 0.124 e. The highest BCUT2D eigenvalue weighted by atomic mass is 79.9. The third kappa shape index (κ3) is 5.08. The van der Waals surface area contributed by atoms with Crippen LogP contribution in [0.5, 0.6) is 0 Å². The van der Waals surface area contributed by atoms with Crippen LogP contribution in [-0.2, 0) is 6.42 Å². The van der Waals surface area contributed by atoms with E-state index in [2.05, 4.69) is 29.8 Å². The fraction of sp³-hybridized carbons (Fsp3) is 0.538. The molecular weight excluding hydrogens is 271 g/mol. The summed E-state index contributed by atoms with van der Waals surface area (Å²) in [6, 6.07) is 4.85. The molecule has 0 saturated carbocycles. The van der Waals surface area contributed by atoms with E-state index in [-0.39, 0.29) is 11.9 Å². The summed E-state index contributed by atoms with van der Waals surface area (Å²) in [7, 11) is 0. The molecule has 1 aromatic carbocycles. The van der Waals surface area contributed by atoms with Gasteiger partial charge in [-0.25, -0.2) is 4.39 Å². The van der Waals surface area contributed by atoms with Gasteiger partial charge in [-0.1, -0.05) is 29.8 Å². The first kappa shape index (κ1) is 13.7. The molecule has 1 nitrogen and oxygen atoms in total. The molecule has 16 heavy (non-hydrogen) atoms. The average Bonchev–Trinajstić information content (AvgIpc) is 2.12. The molecule has 1 atom stereocenters. The van der Waals surface area contributed by atoms with Crippen LogP contribution in [0.25, 0.3) is 0 Å². The fourth-order valence-electron chi connectivity index (χ4n) is 1.75. The highest BCUT2D eigenvalue weighted by molar-refractivity contribution is 9.10. The molecule has 0 aliphatic rings. The molecular formula is C13H18BrFO. The Labute approximate surface area is 105 Å². The number of halogens is 2. The number of hydrogen-bond acceptors (Lipinski definition) is 1. The molecule has 0 fully saturated rings. The number of benzene rings is 1. The monoisotopic (exact) mass is 288 g/mol. The number of aliphatic hydroxyl groups is 1. The predicted molar refractivity (Wildman–Crippen MR) is 67.9 cm³/mol. The number of aliphatic hydroxyl groups excluding tert-OH is 1. The lowest BCUT2D eigenvalue weighted by Gasteiger charge is -2.12. The van der Waals surface area contributed by atoms with E-state index < -0.39 is 0 Å². The smallest absolute Gasteiger partial charge is 0.124 e. The number of aryl methyl sites for hydroxylation is 1. The molecule has 0 aliphatic carbocycles. The zero-order valence-corrected chi connectivity index (χ0v) is 11.3. The third-order valence-corrected chi connectivity index (χ3v) is 2.89. The van der Waals surface area contributed by atoms with E-state index in [4.69, 9.17) is 0 Å². The highest BCUT2D eigenvalue weighted by Gasteiger charge is 2.08. The van der Waals surface area contributed by atoms with Gasteiger partial charge in [0.1, 0.15) is 5.82 Å². The van der Waals surface area contributed by atoms with Gasteiger partial charge in [-0.3, -0.25) is 0 Å². The molecule has 90 valence electrons. The van der Waals surface area contributed by atoms with Crippen LogP contribution < -0.4 is 0 Å². The van der Waals surface area contributed by atoms with Gasteiger partial charge < -0.3 is 5.11 Å². The lowest BCUT2D eigenvalue weighted by molar-refractivity contribution is 0.139. The molecule has 0 aliphatic heterocycles. The normalized spacial score (nSPS) is 13.1. The van der Waals surface area contributed by atoms with Crippen molar-refractivity contribution in [2.24, 2.45) is 5.92 Å². The maximum absolute atomic E-state index is 13.1. The van der Waals surface area contributed by atoms with Gasteiger partial charge in [0.15, 0.2) is 0 Å². The van der Waals surface area contributed by atoms with Gasteiger partial charge in [0.2, 0.25) is 0 Å². The second-order valence-electron chi connectivity index (χ2n) is 4.60. The van der Waals surface area contributed by atoms with Crippen LogP contribution in [0.4, 0.5) is 4.39 Å². The predicted octanol–water partition coefficient (Wildman–Crippen LogP) is 3.93. The van der Waals surface area contributed by atoms with E-state index in [9.17, 15) is 9.50 Å². The molecule has 0 radical (unpaired) electrons. The van der Waals surface area contributed by atoms with Crippen LogP contribution in [0.2, 0.25) is 0 Å². The maximum atomic E-state index is 13.1. The van der Waals surface area contributed by atoms with Gasteiger partial charge in [0, 0.05) is 4.47 Å². The second kappa shape index (κ2) is 6.36. The Hall–Kier alpha value is -0.410. The number of rotatable bonds is 5. The van der Waals surface area contributed by atoms with Crippen LogP contribution in [0.1, 0.15) is 32.3 Å². The van der Waals surface area contributed by atoms with Crippen molar-refractivity contribution in [3.8, 4) is 0 Å². The summed E-state index contributed by atoms with van der Waals surface area (Å²) in [4.78, 5) is 0. The highest BCUT2D eigenvalue weighted by Crippen LogP contribution is 2.17. The van der Waals surface area contributed by atoms with Crippen LogP contribution in [0.3, 0.4) is 0 Å². The molecule has 0 amide bonds. The van der Waals surface area contributed by atoms with Gasteiger partial charge in [0.25, 0.3) is 0 Å². The van der Waals surface area contributed by atoms with E-state index in [1.807, 2.05) is 6.07 Å². The van der Waals surface area contributed by atoms with Crippen molar-refractivity contribution in [1.82, 2.24) is 0 Å². The lowest BCUT2D eigenvalue weighted by Crippen LogP contribution is -2.11.